The van der Waals surface area contributed by atoms with Gasteiger partial charge in [-0.2, -0.15) is 13.2 Å². The molecule has 1 unspecified atom stereocenters. The molecule has 0 heterocycles. The molecule has 1 aromatic rings. The molecule has 0 fully saturated rings. The lowest BCUT2D eigenvalue weighted by Crippen LogP contribution is -2.11. The van der Waals surface area contributed by atoms with Crippen molar-refractivity contribution in [2.24, 2.45) is 0 Å². The van der Waals surface area contributed by atoms with Gasteiger partial charge in [-0.25, -0.2) is 0 Å². The van der Waals surface area contributed by atoms with Crippen LogP contribution in [0.1, 0.15) is 37.3 Å². The highest BCUT2D eigenvalue weighted by atomic mass is 19.4. The molecule has 0 N–H and O–H groups in total. The number of hydrogen-bond acceptors (Lipinski definition) is 1. The minimum absolute atomic E-state index is 0.0330. The standard InChI is InChI=1S/C15H20F3O/c1-3-4-5-12(2)19-11-10-13-6-8-14(9-7-13)15(16,17)18/h6-9,12H,2-5,10-11H2,1H3. The van der Waals surface area contributed by atoms with Crippen LogP contribution in [0.3, 0.4) is 0 Å². The van der Waals surface area contributed by atoms with Gasteiger partial charge in [-0.05, 0) is 37.5 Å². The van der Waals surface area contributed by atoms with Gasteiger partial charge in [0.05, 0.1) is 18.3 Å². The summed E-state index contributed by atoms with van der Waals surface area (Å²) >= 11 is 0. The highest BCUT2D eigenvalue weighted by Crippen LogP contribution is 2.29. The maximum Gasteiger partial charge on any atom is 0.416 e. The van der Waals surface area contributed by atoms with Crippen LogP contribution in [0.5, 0.6) is 0 Å². The summed E-state index contributed by atoms with van der Waals surface area (Å²) in [6.07, 6.45) is -0.592. The summed E-state index contributed by atoms with van der Waals surface area (Å²) in [5.41, 5.74) is 0.228. The molecule has 1 aromatic carbocycles. The van der Waals surface area contributed by atoms with E-state index in [1.165, 1.54) is 12.1 Å². The van der Waals surface area contributed by atoms with Crippen molar-refractivity contribution in [3.05, 3.63) is 42.3 Å². The van der Waals surface area contributed by atoms with Crippen LogP contribution < -0.4 is 0 Å². The van der Waals surface area contributed by atoms with Crippen LogP contribution in [0.2, 0.25) is 0 Å². The first-order chi connectivity index (χ1) is 8.93. The van der Waals surface area contributed by atoms with Crippen LogP contribution in [0.4, 0.5) is 13.2 Å². The lowest BCUT2D eigenvalue weighted by Gasteiger charge is -2.12. The molecule has 107 valence electrons. The molecule has 0 aliphatic rings. The fraction of sp³-hybridized carbons (Fsp3) is 0.533. The molecular weight excluding hydrogens is 253 g/mol. The molecule has 1 atom stereocenters. The Labute approximate surface area is 112 Å². The minimum Gasteiger partial charge on any atom is -0.378 e. The number of unbranched alkanes of at least 4 members (excludes halogenated alkanes) is 1. The van der Waals surface area contributed by atoms with E-state index in [0.717, 1.165) is 37.0 Å². The average molecular weight is 273 g/mol. The van der Waals surface area contributed by atoms with E-state index in [1.54, 1.807) is 0 Å². The Morgan fingerprint density at radius 1 is 1.21 bits per heavy atom. The molecule has 1 nitrogen and oxygen atoms in total. The molecule has 0 aromatic heterocycles. The van der Waals surface area contributed by atoms with E-state index in [9.17, 15) is 13.2 Å². The van der Waals surface area contributed by atoms with Gasteiger partial charge in [0.25, 0.3) is 0 Å². The Hall–Kier alpha value is -1.03. The van der Waals surface area contributed by atoms with Crippen molar-refractivity contribution >= 4 is 0 Å². The molecular formula is C15H20F3O. The highest BCUT2D eigenvalue weighted by molar-refractivity contribution is 5.24. The van der Waals surface area contributed by atoms with Gasteiger partial charge in [0, 0.05) is 0 Å². The first-order valence-electron chi connectivity index (χ1n) is 6.54. The van der Waals surface area contributed by atoms with E-state index < -0.39 is 11.7 Å². The first kappa shape index (κ1) is 16.0. The maximum atomic E-state index is 12.4. The summed E-state index contributed by atoms with van der Waals surface area (Å²) in [6.45, 7) is 6.48. The Morgan fingerprint density at radius 2 is 1.84 bits per heavy atom. The van der Waals surface area contributed by atoms with Gasteiger partial charge in [0.15, 0.2) is 0 Å². The fourth-order valence-electron chi connectivity index (χ4n) is 1.72. The van der Waals surface area contributed by atoms with E-state index in [2.05, 4.69) is 13.8 Å². The number of ether oxygens (including phenoxy) is 1. The third-order valence-corrected chi connectivity index (χ3v) is 2.91. The summed E-state index contributed by atoms with van der Waals surface area (Å²) in [5, 5.41) is 0. The van der Waals surface area contributed by atoms with Crippen molar-refractivity contribution < 1.29 is 17.9 Å². The number of rotatable bonds is 7. The zero-order valence-corrected chi connectivity index (χ0v) is 11.2. The molecule has 19 heavy (non-hydrogen) atoms. The third-order valence-electron chi connectivity index (χ3n) is 2.91. The van der Waals surface area contributed by atoms with Crippen LogP contribution in [-0.4, -0.2) is 12.7 Å². The van der Waals surface area contributed by atoms with Crippen LogP contribution in [0, 0.1) is 6.92 Å². The zero-order valence-electron chi connectivity index (χ0n) is 11.2. The van der Waals surface area contributed by atoms with Crippen molar-refractivity contribution in [2.75, 3.05) is 6.61 Å². The second-order valence-corrected chi connectivity index (χ2v) is 4.58. The molecule has 0 saturated heterocycles. The predicted molar refractivity (Wildman–Crippen MR) is 69.8 cm³/mol. The lowest BCUT2D eigenvalue weighted by molar-refractivity contribution is -0.137. The average Bonchev–Trinajstić information content (AvgIpc) is 2.36. The Balaban J connectivity index is 2.34. The second kappa shape index (κ2) is 7.53. The van der Waals surface area contributed by atoms with Crippen LogP contribution in [0.25, 0.3) is 0 Å². The van der Waals surface area contributed by atoms with E-state index in [4.69, 9.17) is 4.74 Å². The van der Waals surface area contributed by atoms with Gasteiger partial charge in [-0.3, -0.25) is 0 Å². The summed E-state index contributed by atoms with van der Waals surface area (Å²) in [5.74, 6) is 0. The van der Waals surface area contributed by atoms with Crippen molar-refractivity contribution in [2.45, 2.75) is 44.9 Å². The zero-order chi connectivity index (χ0) is 14.3. The first-order valence-corrected chi connectivity index (χ1v) is 6.54. The van der Waals surface area contributed by atoms with Gasteiger partial charge in [0.1, 0.15) is 0 Å². The molecule has 0 spiro atoms. The van der Waals surface area contributed by atoms with E-state index in [-0.39, 0.29) is 6.10 Å². The van der Waals surface area contributed by atoms with Crippen LogP contribution >= 0.6 is 0 Å². The van der Waals surface area contributed by atoms with Gasteiger partial charge >= 0.3 is 6.18 Å². The van der Waals surface area contributed by atoms with Crippen molar-refractivity contribution in [1.29, 1.82) is 0 Å². The summed E-state index contributed by atoms with van der Waals surface area (Å²) in [7, 11) is 0. The molecule has 0 bridgehead atoms. The molecule has 0 amide bonds. The Bertz CT molecular complexity index is 357. The largest absolute Gasteiger partial charge is 0.416 e. The topological polar surface area (TPSA) is 9.23 Å². The Morgan fingerprint density at radius 3 is 2.37 bits per heavy atom. The fourth-order valence-corrected chi connectivity index (χ4v) is 1.72. The van der Waals surface area contributed by atoms with E-state index in [0.29, 0.717) is 13.0 Å². The summed E-state index contributed by atoms with van der Waals surface area (Å²) in [4.78, 5) is 0. The van der Waals surface area contributed by atoms with Gasteiger partial charge < -0.3 is 4.74 Å². The highest BCUT2D eigenvalue weighted by Gasteiger charge is 2.29. The van der Waals surface area contributed by atoms with Crippen LogP contribution in [0.15, 0.2) is 24.3 Å². The third kappa shape index (κ3) is 6.10. The smallest absolute Gasteiger partial charge is 0.378 e. The number of hydrogen-bond donors (Lipinski definition) is 0. The molecule has 1 rings (SSSR count). The molecule has 0 aliphatic heterocycles. The SMILES string of the molecule is [CH2]C(CCCC)OCCc1ccc(C(F)(F)F)cc1. The molecule has 0 saturated carbocycles. The van der Waals surface area contributed by atoms with Crippen molar-refractivity contribution in [3.63, 3.8) is 0 Å². The van der Waals surface area contributed by atoms with E-state index >= 15 is 0 Å². The maximum absolute atomic E-state index is 12.4. The summed E-state index contributed by atoms with van der Waals surface area (Å²) in [6, 6.07) is 5.20. The van der Waals surface area contributed by atoms with Crippen LogP contribution in [-0.2, 0) is 17.3 Å². The second-order valence-electron chi connectivity index (χ2n) is 4.58. The quantitative estimate of drug-likeness (QED) is 0.702. The molecule has 4 heteroatoms. The number of halogens is 3. The minimum atomic E-state index is -4.27. The monoisotopic (exact) mass is 273 g/mol. The van der Waals surface area contributed by atoms with Gasteiger partial charge in [0.2, 0.25) is 0 Å². The molecule has 1 radical (unpaired) electrons. The number of alkyl halides is 3. The molecule has 0 aliphatic carbocycles. The Kier molecular flexibility index (Phi) is 6.35. The lowest BCUT2D eigenvalue weighted by atomic mass is 10.1. The van der Waals surface area contributed by atoms with Gasteiger partial charge in [-0.1, -0.05) is 31.9 Å². The predicted octanol–water partition coefficient (Wildman–Crippen LogP) is 4.66. The number of benzene rings is 1. The summed E-state index contributed by atoms with van der Waals surface area (Å²) < 4.78 is 42.6. The van der Waals surface area contributed by atoms with Crippen molar-refractivity contribution in [3.8, 4) is 0 Å². The van der Waals surface area contributed by atoms with Gasteiger partial charge in [-0.15, -0.1) is 0 Å². The van der Waals surface area contributed by atoms with Crippen molar-refractivity contribution in [1.82, 2.24) is 0 Å². The normalized spacial score (nSPS) is 13.5. The van der Waals surface area contributed by atoms with E-state index in [1.807, 2.05) is 0 Å².